The molecule has 1 atom stereocenters. The minimum Gasteiger partial charge on any atom is -0.374 e. The number of fused-ring (bicyclic) bond motifs is 1. The highest BCUT2D eigenvalue weighted by atomic mass is 32.2. The number of anilines is 3. The Hall–Kier alpha value is -2.98. The van der Waals surface area contributed by atoms with E-state index in [9.17, 15) is 13.2 Å². The summed E-state index contributed by atoms with van der Waals surface area (Å²) in [5.74, 6) is 1.03. The van der Waals surface area contributed by atoms with Crippen molar-refractivity contribution < 1.29 is 17.9 Å². The molecule has 0 spiro atoms. The predicted octanol–water partition coefficient (Wildman–Crippen LogP) is 4.00. The number of nitrogens with one attached hydrogen (secondary N) is 3. The van der Waals surface area contributed by atoms with E-state index in [1.165, 1.54) is 6.26 Å². The number of aryl methyl sites for hydroxylation is 1. The van der Waals surface area contributed by atoms with Gasteiger partial charge in [0, 0.05) is 24.8 Å². The van der Waals surface area contributed by atoms with Crippen molar-refractivity contribution in [2.24, 2.45) is 5.92 Å². The molecule has 0 bridgehead atoms. The van der Waals surface area contributed by atoms with Gasteiger partial charge in [0.1, 0.15) is 17.2 Å². The molecule has 1 aliphatic heterocycles. The van der Waals surface area contributed by atoms with Gasteiger partial charge in [-0.05, 0) is 56.7 Å². The average Bonchev–Trinajstić information content (AvgIpc) is 3.56. The number of sulfone groups is 1. The fraction of sp³-hybridized carbons (Fsp3) is 0.435. The first kappa shape index (κ1) is 21.8. The summed E-state index contributed by atoms with van der Waals surface area (Å²) in [6.45, 7) is 2.50. The molecule has 1 amide bonds. The normalized spacial score (nSPS) is 18.9. The first-order valence-corrected chi connectivity index (χ1v) is 13.1. The number of carbonyl (C=O) groups is 1. The van der Waals surface area contributed by atoms with Gasteiger partial charge in [0.2, 0.25) is 5.91 Å². The summed E-state index contributed by atoms with van der Waals surface area (Å²) in [5, 5.41) is 6.09. The number of rotatable bonds is 6. The maximum atomic E-state index is 12.7. The van der Waals surface area contributed by atoms with Crippen LogP contribution in [0.4, 0.5) is 17.2 Å². The van der Waals surface area contributed by atoms with Gasteiger partial charge in [0.25, 0.3) is 0 Å². The fourth-order valence-electron chi connectivity index (χ4n) is 4.14. The second-order valence-electron chi connectivity index (χ2n) is 8.85. The van der Waals surface area contributed by atoms with Gasteiger partial charge < -0.3 is 20.4 Å². The molecule has 2 aliphatic rings. The van der Waals surface area contributed by atoms with Crippen LogP contribution in [0.15, 0.2) is 29.2 Å². The number of amides is 1. The van der Waals surface area contributed by atoms with Gasteiger partial charge in [-0.3, -0.25) is 4.79 Å². The Labute approximate surface area is 192 Å². The SMILES string of the molecule is Cc1nc2c(Nc3ccc(C4CCCCO4)cc3S(C)(=O)=O)cc(NC(=O)C3CC3)nc2[nH]1. The lowest BCUT2D eigenvalue weighted by Crippen LogP contribution is -2.15. The second-order valence-corrected chi connectivity index (χ2v) is 10.8. The predicted molar refractivity (Wildman–Crippen MR) is 125 cm³/mol. The monoisotopic (exact) mass is 469 g/mol. The van der Waals surface area contributed by atoms with Crippen LogP contribution in [0.3, 0.4) is 0 Å². The quantitative estimate of drug-likeness (QED) is 0.498. The van der Waals surface area contributed by atoms with Crippen LogP contribution in [0.5, 0.6) is 0 Å². The first-order chi connectivity index (χ1) is 15.8. The molecule has 1 saturated heterocycles. The molecule has 0 radical (unpaired) electrons. The topological polar surface area (TPSA) is 126 Å². The number of hydrogen-bond acceptors (Lipinski definition) is 7. The summed E-state index contributed by atoms with van der Waals surface area (Å²) in [6.07, 6.45) is 5.82. The van der Waals surface area contributed by atoms with Crippen LogP contribution in [0.2, 0.25) is 0 Å². The molecule has 2 fully saturated rings. The molecule has 5 rings (SSSR count). The summed E-state index contributed by atoms with van der Waals surface area (Å²) in [4.78, 5) is 24.5. The van der Waals surface area contributed by atoms with Crippen molar-refractivity contribution >= 4 is 44.1 Å². The van der Waals surface area contributed by atoms with Gasteiger partial charge in [0.05, 0.1) is 22.4 Å². The van der Waals surface area contributed by atoms with E-state index < -0.39 is 9.84 Å². The third kappa shape index (κ3) is 4.72. The first-order valence-electron chi connectivity index (χ1n) is 11.2. The number of nitrogens with zero attached hydrogens (tertiary/aromatic N) is 2. The van der Waals surface area contributed by atoms with Crippen molar-refractivity contribution in [1.29, 1.82) is 0 Å². The fourth-order valence-corrected chi connectivity index (χ4v) is 5.01. The second kappa shape index (κ2) is 8.42. The molecule has 10 heteroatoms. The number of aromatic amines is 1. The van der Waals surface area contributed by atoms with Crippen molar-refractivity contribution in [3.8, 4) is 0 Å². The van der Waals surface area contributed by atoms with Crippen molar-refractivity contribution in [3.05, 3.63) is 35.7 Å². The Morgan fingerprint density at radius 3 is 2.64 bits per heavy atom. The van der Waals surface area contributed by atoms with Crippen molar-refractivity contribution in [2.45, 2.75) is 50.0 Å². The van der Waals surface area contributed by atoms with Gasteiger partial charge in [-0.15, -0.1) is 0 Å². The molecular weight excluding hydrogens is 442 g/mol. The Kier molecular flexibility index (Phi) is 5.57. The zero-order valence-electron chi connectivity index (χ0n) is 18.6. The number of ether oxygens (including phenoxy) is 1. The number of aromatic nitrogens is 3. The highest BCUT2D eigenvalue weighted by Crippen LogP contribution is 2.35. The standard InChI is InChI=1S/C23H27N5O4S/c1-13-24-21-17(12-20(27-22(21)25-13)28-23(29)14-6-7-14)26-16-9-8-15(11-19(16)33(2,30)31)18-5-3-4-10-32-18/h8-9,11-12,14,18H,3-7,10H2,1-2H3,(H3,24,25,26,27,28,29). The molecule has 1 saturated carbocycles. The zero-order chi connectivity index (χ0) is 23.2. The lowest BCUT2D eigenvalue weighted by molar-refractivity contribution is -0.117. The van der Waals surface area contributed by atoms with E-state index in [0.717, 1.165) is 37.7 Å². The largest absolute Gasteiger partial charge is 0.374 e. The molecule has 1 unspecified atom stereocenters. The minimum absolute atomic E-state index is 0.0359. The number of H-pyrrole nitrogens is 1. The molecule has 3 aromatic rings. The number of carbonyl (C=O) groups excluding carboxylic acids is 1. The molecule has 3 N–H and O–H groups in total. The Morgan fingerprint density at radius 1 is 1.12 bits per heavy atom. The number of imidazole rings is 1. The lowest BCUT2D eigenvalue weighted by Gasteiger charge is -2.24. The molecule has 9 nitrogen and oxygen atoms in total. The average molecular weight is 470 g/mol. The molecule has 3 heterocycles. The molecule has 1 aliphatic carbocycles. The van der Waals surface area contributed by atoms with E-state index in [4.69, 9.17) is 4.74 Å². The number of pyridine rings is 1. The molecule has 174 valence electrons. The molecule has 2 aromatic heterocycles. The van der Waals surface area contributed by atoms with Crippen molar-refractivity contribution in [1.82, 2.24) is 15.0 Å². The third-order valence-corrected chi connectivity index (χ3v) is 7.13. The van der Waals surface area contributed by atoms with Gasteiger partial charge in [0.15, 0.2) is 15.5 Å². The van der Waals surface area contributed by atoms with Crippen LogP contribution in [0, 0.1) is 12.8 Å². The molecular formula is C23H27N5O4S. The maximum Gasteiger partial charge on any atom is 0.228 e. The number of benzene rings is 1. The van der Waals surface area contributed by atoms with Crippen LogP contribution in [-0.2, 0) is 19.4 Å². The summed E-state index contributed by atoms with van der Waals surface area (Å²) in [7, 11) is -3.53. The van der Waals surface area contributed by atoms with Crippen LogP contribution in [0.25, 0.3) is 11.2 Å². The summed E-state index contributed by atoms with van der Waals surface area (Å²) >= 11 is 0. The van der Waals surface area contributed by atoms with E-state index >= 15 is 0 Å². The Balaban J connectivity index is 1.53. The Bertz CT molecular complexity index is 1320. The van der Waals surface area contributed by atoms with E-state index in [1.54, 1.807) is 18.2 Å². The highest BCUT2D eigenvalue weighted by molar-refractivity contribution is 7.90. The summed E-state index contributed by atoms with van der Waals surface area (Å²) in [6, 6.07) is 7.04. The van der Waals surface area contributed by atoms with Crippen LogP contribution >= 0.6 is 0 Å². The van der Waals surface area contributed by atoms with Crippen molar-refractivity contribution in [2.75, 3.05) is 23.5 Å². The van der Waals surface area contributed by atoms with Gasteiger partial charge in [-0.1, -0.05) is 6.07 Å². The minimum atomic E-state index is -3.53. The van der Waals surface area contributed by atoms with E-state index in [0.29, 0.717) is 40.8 Å². The van der Waals surface area contributed by atoms with E-state index in [1.807, 2.05) is 13.0 Å². The van der Waals surface area contributed by atoms with Crippen LogP contribution < -0.4 is 10.6 Å². The van der Waals surface area contributed by atoms with Gasteiger partial charge in [-0.2, -0.15) is 0 Å². The lowest BCUT2D eigenvalue weighted by atomic mass is 10.0. The van der Waals surface area contributed by atoms with Crippen LogP contribution in [0.1, 0.15) is 49.6 Å². The molecule has 33 heavy (non-hydrogen) atoms. The zero-order valence-corrected chi connectivity index (χ0v) is 19.5. The summed E-state index contributed by atoms with van der Waals surface area (Å²) < 4.78 is 31.2. The summed E-state index contributed by atoms with van der Waals surface area (Å²) in [5.41, 5.74) is 2.92. The highest BCUT2D eigenvalue weighted by Gasteiger charge is 2.30. The van der Waals surface area contributed by atoms with E-state index in [2.05, 4.69) is 25.6 Å². The van der Waals surface area contributed by atoms with Crippen LogP contribution in [-0.4, -0.2) is 42.1 Å². The van der Waals surface area contributed by atoms with Crippen molar-refractivity contribution in [3.63, 3.8) is 0 Å². The van der Waals surface area contributed by atoms with Gasteiger partial charge in [-0.25, -0.2) is 18.4 Å². The van der Waals surface area contributed by atoms with E-state index in [-0.39, 0.29) is 22.8 Å². The maximum absolute atomic E-state index is 12.7. The smallest absolute Gasteiger partial charge is 0.228 e. The van der Waals surface area contributed by atoms with Gasteiger partial charge >= 0.3 is 0 Å². The Morgan fingerprint density at radius 2 is 1.94 bits per heavy atom. The number of hydrogen-bond donors (Lipinski definition) is 3. The third-order valence-electron chi connectivity index (χ3n) is 6.00. The molecule has 1 aromatic carbocycles.